The molecule has 0 spiro atoms. The van der Waals surface area contributed by atoms with Crippen molar-refractivity contribution in [1.82, 2.24) is 10.3 Å². The normalized spacial score (nSPS) is 10.1. The first-order valence-electron chi connectivity index (χ1n) is 5.14. The second-order valence-corrected chi connectivity index (χ2v) is 3.59. The fourth-order valence-electron chi connectivity index (χ4n) is 1.23. The van der Waals surface area contributed by atoms with Crippen LogP contribution >= 0.6 is 0 Å². The first-order valence-corrected chi connectivity index (χ1v) is 5.14. The van der Waals surface area contributed by atoms with E-state index < -0.39 is 0 Å². The minimum absolute atomic E-state index is 0.134. The molecule has 4 nitrogen and oxygen atoms in total. The van der Waals surface area contributed by atoms with Gasteiger partial charge in [0.15, 0.2) is 0 Å². The molecule has 0 aliphatic rings. The van der Waals surface area contributed by atoms with Crippen LogP contribution in [-0.2, 0) is 0 Å². The third-order valence-electron chi connectivity index (χ3n) is 1.79. The van der Waals surface area contributed by atoms with Gasteiger partial charge in [-0.05, 0) is 32.9 Å². The van der Waals surface area contributed by atoms with E-state index in [1.165, 1.54) is 0 Å². The van der Waals surface area contributed by atoms with Gasteiger partial charge >= 0.3 is 0 Å². The van der Waals surface area contributed by atoms with Gasteiger partial charge in [0.1, 0.15) is 5.69 Å². The monoisotopic (exact) mass is 207 g/mol. The molecule has 1 aromatic rings. The third kappa shape index (κ3) is 3.58. The molecule has 0 saturated heterocycles. The molecule has 0 radical (unpaired) electrons. The van der Waals surface area contributed by atoms with Crippen molar-refractivity contribution in [2.45, 2.75) is 26.8 Å². The number of carbonyl (C=O) groups excluding carboxylic acids is 1. The Morgan fingerprint density at radius 3 is 2.87 bits per heavy atom. The third-order valence-corrected chi connectivity index (χ3v) is 1.79. The van der Waals surface area contributed by atoms with E-state index >= 15 is 0 Å². The van der Waals surface area contributed by atoms with Crippen LogP contribution in [0.2, 0.25) is 0 Å². The highest BCUT2D eigenvalue weighted by molar-refractivity contribution is 5.93. The number of aromatic nitrogens is 1. The van der Waals surface area contributed by atoms with Crippen molar-refractivity contribution in [1.29, 1.82) is 0 Å². The molecule has 1 heterocycles. The van der Waals surface area contributed by atoms with Crippen LogP contribution in [0.25, 0.3) is 0 Å². The maximum absolute atomic E-state index is 11.5. The fourth-order valence-corrected chi connectivity index (χ4v) is 1.23. The summed E-state index contributed by atoms with van der Waals surface area (Å²) >= 11 is 0. The van der Waals surface area contributed by atoms with Crippen molar-refractivity contribution in [3.05, 3.63) is 24.0 Å². The molecule has 0 fully saturated rings. The van der Waals surface area contributed by atoms with E-state index in [9.17, 15) is 4.79 Å². The number of nitrogens with zero attached hydrogens (tertiary/aromatic N) is 1. The highest BCUT2D eigenvalue weighted by atomic mass is 16.1. The molecule has 0 bridgehead atoms. The molecule has 0 aliphatic heterocycles. The molecule has 0 saturated carbocycles. The Balaban J connectivity index is 2.78. The van der Waals surface area contributed by atoms with Gasteiger partial charge in [-0.1, -0.05) is 0 Å². The van der Waals surface area contributed by atoms with Crippen LogP contribution in [0.15, 0.2) is 18.3 Å². The van der Waals surface area contributed by atoms with Crippen LogP contribution in [0.3, 0.4) is 0 Å². The van der Waals surface area contributed by atoms with Crippen molar-refractivity contribution >= 4 is 11.6 Å². The van der Waals surface area contributed by atoms with E-state index in [4.69, 9.17) is 0 Å². The van der Waals surface area contributed by atoms with Crippen LogP contribution < -0.4 is 10.6 Å². The van der Waals surface area contributed by atoms with Crippen molar-refractivity contribution in [3.8, 4) is 0 Å². The molecule has 15 heavy (non-hydrogen) atoms. The molecule has 2 N–H and O–H groups in total. The van der Waals surface area contributed by atoms with Gasteiger partial charge in [-0.3, -0.25) is 9.78 Å². The molecule has 1 aromatic heterocycles. The Morgan fingerprint density at radius 1 is 1.53 bits per heavy atom. The quantitative estimate of drug-likeness (QED) is 0.789. The molecule has 1 rings (SSSR count). The van der Waals surface area contributed by atoms with Gasteiger partial charge < -0.3 is 10.6 Å². The second kappa shape index (κ2) is 5.34. The lowest BCUT2D eigenvalue weighted by Crippen LogP contribution is -2.23. The molecule has 82 valence electrons. The maximum atomic E-state index is 11.5. The lowest BCUT2D eigenvalue weighted by Gasteiger charge is -2.10. The summed E-state index contributed by atoms with van der Waals surface area (Å²) in [5.41, 5.74) is 1.36. The van der Waals surface area contributed by atoms with Crippen molar-refractivity contribution in [2.75, 3.05) is 11.9 Å². The molecule has 4 heteroatoms. The summed E-state index contributed by atoms with van der Waals surface area (Å²) < 4.78 is 0. The van der Waals surface area contributed by atoms with E-state index in [-0.39, 0.29) is 5.91 Å². The first-order chi connectivity index (χ1) is 7.13. The van der Waals surface area contributed by atoms with Crippen LogP contribution in [0.4, 0.5) is 5.69 Å². The van der Waals surface area contributed by atoms with Crippen LogP contribution in [0.1, 0.15) is 31.3 Å². The zero-order chi connectivity index (χ0) is 11.3. The Kier molecular flexibility index (Phi) is 4.09. The summed E-state index contributed by atoms with van der Waals surface area (Å²) in [6.07, 6.45) is 1.63. The number of hydrogen-bond donors (Lipinski definition) is 2. The summed E-state index contributed by atoms with van der Waals surface area (Å²) in [4.78, 5) is 15.5. The van der Waals surface area contributed by atoms with Gasteiger partial charge in [0.05, 0.1) is 0 Å². The summed E-state index contributed by atoms with van der Waals surface area (Å²) in [5.74, 6) is -0.134. The molecular weight excluding hydrogens is 190 g/mol. The Labute approximate surface area is 90.1 Å². The minimum atomic E-state index is -0.134. The summed E-state index contributed by atoms with van der Waals surface area (Å²) in [7, 11) is 0. The highest BCUT2D eigenvalue weighted by Crippen LogP contribution is 2.09. The lowest BCUT2D eigenvalue weighted by atomic mass is 10.2. The zero-order valence-electron chi connectivity index (χ0n) is 9.37. The topological polar surface area (TPSA) is 54.0 Å². The van der Waals surface area contributed by atoms with Crippen molar-refractivity contribution in [2.24, 2.45) is 0 Å². The van der Waals surface area contributed by atoms with Gasteiger partial charge in [0.25, 0.3) is 5.91 Å². The minimum Gasteiger partial charge on any atom is -0.383 e. The molecule has 0 aromatic carbocycles. The van der Waals surface area contributed by atoms with E-state index in [1.54, 1.807) is 12.3 Å². The first kappa shape index (κ1) is 11.5. The van der Waals surface area contributed by atoms with Crippen LogP contribution in [0.5, 0.6) is 0 Å². The number of anilines is 1. The van der Waals surface area contributed by atoms with Crippen molar-refractivity contribution < 1.29 is 4.79 Å². The van der Waals surface area contributed by atoms with Crippen molar-refractivity contribution in [3.63, 3.8) is 0 Å². The summed E-state index contributed by atoms with van der Waals surface area (Å²) in [5, 5.41) is 5.94. The Morgan fingerprint density at radius 2 is 2.27 bits per heavy atom. The average molecular weight is 207 g/mol. The van der Waals surface area contributed by atoms with Crippen LogP contribution in [0, 0.1) is 0 Å². The van der Waals surface area contributed by atoms with Gasteiger partial charge in [-0.2, -0.15) is 0 Å². The largest absolute Gasteiger partial charge is 0.383 e. The number of pyridine rings is 1. The number of rotatable bonds is 4. The molecule has 0 unspecified atom stereocenters. The van der Waals surface area contributed by atoms with E-state index in [0.717, 1.165) is 5.69 Å². The van der Waals surface area contributed by atoms with Gasteiger partial charge in [-0.15, -0.1) is 0 Å². The molecule has 1 amide bonds. The summed E-state index contributed by atoms with van der Waals surface area (Å²) in [6, 6.07) is 3.95. The van der Waals surface area contributed by atoms with Crippen LogP contribution in [-0.4, -0.2) is 23.5 Å². The zero-order valence-corrected chi connectivity index (χ0v) is 9.37. The van der Waals surface area contributed by atoms with Gasteiger partial charge in [-0.25, -0.2) is 0 Å². The molecule has 0 atom stereocenters. The standard InChI is InChI=1S/C11H17N3O/c1-4-12-11(15)10-7-9(5-6-13-10)14-8(2)3/h5-8H,4H2,1-3H3,(H,12,15)(H,13,14). The fraction of sp³-hybridized carbons (Fsp3) is 0.455. The lowest BCUT2D eigenvalue weighted by molar-refractivity contribution is 0.0951. The molecule has 0 aliphatic carbocycles. The van der Waals surface area contributed by atoms with Gasteiger partial charge in [0, 0.05) is 24.5 Å². The number of hydrogen-bond acceptors (Lipinski definition) is 3. The van der Waals surface area contributed by atoms with E-state index in [1.807, 2.05) is 26.8 Å². The van der Waals surface area contributed by atoms with E-state index in [0.29, 0.717) is 18.3 Å². The highest BCUT2D eigenvalue weighted by Gasteiger charge is 2.06. The molecular formula is C11H17N3O. The predicted octanol–water partition coefficient (Wildman–Crippen LogP) is 1.65. The SMILES string of the molecule is CCNC(=O)c1cc(NC(C)C)ccn1. The number of amides is 1. The Bertz CT molecular complexity index is 336. The number of carbonyl (C=O) groups is 1. The second-order valence-electron chi connectivity index (χ2n) is 3.59. The Hall–Kier alpha value is -1.58. The maximum Gasteiger partial charge on any atom is 0.269 e. The average Bonchev–Trinajstić information content (AvgIpc) is 2.17. The summed E-state index contributed by atoms with van der Waals surface area (Å²) in [6.45, 7) is 6.59. The smallest absolute Gasteiger partial charge is 0.269 e. The predicted molar refractivity (Wildman–Crippen MR) is 61.0 cm³/mol. The number of nitrogens with one attached hydrogen (secondary N) is 2. The van der Waals surface area contributed by atoms with Gasteiger partial charge in [0.2, 0.25) is 0 Å². The van der Waals surface area contributed by atoms with E-state index in [2.05, 4.69) is 15.6 Å².